The van der Waals surface area contributed by atoms with Crippen LogP contribution in [0.25, 0.3) is 0 Å². The molecule has 0 amide bonds. The van der Waals surface area contributed by atoms with Crippen LogP contribution in [-0.4, -0.2) is 4.98 Å². The molecule has 1 nitrogen and oxygen atoms in total. The van der Waals surface area contributed by atoms with Gasteiger partial charge in [0.05, 0.1) is 6.20 Å². The zero-order valence-corrected chi connectivity index (χ0v) is 10.4. The Morgan fingerprint density at radius 2 is 2.06 bits per heavy atom. The lowest BCUT2D eigenvalue weighted by Gasteiger charge is -2.15. The van der Waals surface area contributed by atoms with E-state index in [4.69, 9.17) is 0 Å². The first-order chi connectivity index (χ1) is 7.79. The van der Waals surface area contributed by atoms with Crippen LogP contribution in [0, 0.1) is 5.82 Å². The molecule has 1 rings (SSSR count). The molecule has 0 fully saturated rings. The number of halogens is 1. The Kier molecular flexibility index (Phi) is 6.05. The molecular weight excluding hydrogens is 201 g/mol. The number of rotatable bonds is 7. The third kappa shape index (κ3) is 3.92. The van der Waals surface area contributed by atoms with Crippen molar-refractivity contribution >= 4 is 0 Å². The lowest BCUT2D eigenvalue weighted by Crippen LogP contribution is -2.01. The van der Waals surface area contributed by atoms with Crippen LogP contribution in [0.1, 0.15) is 63.9 Å². The summed E-state index contributed by atoms with van der Waals surface area (Å²) in [4.78, 5) is 3.80. The van der Waals surface area contributed by atoms with Gasteiger partial charge in [-0.1, -0.05) is 39.5 Å². The summed E-state index contributed by atoms with van der Waals surface area (Å²) in [5.74, 6) is 0.213. The fourth-order valence-corrected chi connectivity index (χ4v) is 2.11. The highest BCUT2D eigenvalue weighted by molar-refractivity contribution is 5.17. The van der Waals surface area contributed by atoms with Crippen molar-refractivity contribution in [2.75, 3.05) is 0 Å². The molecule has 0 aliphatic rings. The van der Waals surface area contributed by atoms with Crippen molar-refractivity contribution in [2.24, 2.45) is 0 Å². The van der Waals surface area contributed by atoms with Gasteiger partial charge in [-0.3, -0.25) is 4.98 Å². The maximum absolute atomic E-state index is 13.5. The van der Waals surface area contributed by atoms with Gasteiger partial charge >= 0.3 is 0 Å². The second kappa shape index (κ2) is 7.37. The summed E-state index contributed by atoms with van der Waals surface area (Å²) in [5, 5.41) is 0. The quantitative estimate of drug-likeness (QED) is 0.611. The van der Waals surface area contributed by atoms with Crippen molar-refractivity contribution in [2.45, 2.75) is 58.3 Å². The first-order valence-corrected chi connectivity index (χ1v) is 6.39. The molecule has 1 heterocycles. The number of hydrogen-bond acceptors (Lipinski definition) is 1. The molecule has 0 saturated carbocycles. The van der Waals surface area contributed by atoms with E-state index in [1.165, 1.54) is 31.9 Å². The maximum Gasteiger partial charge on any atom is 0.144 e. The molecule has 1 aromatic heterocycles. The summed E-state index contributed by atoms with van der Waals surface area (Å²) < 4.78 is 13.5. The molecule has 1 atom stereocenters. The molecule has 0 saturated heterocycles. The Morgan fingerprint density at radius 1 is 1.25 bits per heavy atom. The summed E-state index contributed by atoms with van der Waals surface area (Å²) in [6.45, 7) is 4.34. The fourth-order valence-electron chi connectivity index (χ4n) is 2.11. The predicted octanol–water partition coefficient (Wildman–Crippen LogP) is 4.68. The molecule has 0 aliphatic carbocycles. The lowest BCUT2D eigenvalue weighted by atomic mass is 9.91. The summed E-state index contributed by atoms with van der Waals surface area (Å²) in [5.41, 5.74) is 0.842. The second-order valence-electron chi connectivity index (χ2n) is 4.35. The predicted molar refractivity (Wildman–Crippen MR) is 66.0 cm³/mol. The first kappa shape index (κ1) is 13.1. The van der Waals surface area contributed by atoms with Crippen LogP contribution in [0.2, 0.25) is 0 Å². The number of unbranched alkanes of at least 4 members (excludes halogenated alkanes) is 3. The molecule has 0 N–H and O–H groups in total. The highest BCUT2D eigenvalue weighted by Gasteiger charge is 2.13. The smallest absolute Gasteiger partial charge is 0.144 e. The van der Waals surface area contributed by atoms with Gasteiger partial charge in [0, 0.05) is 6.20 Å². The van der Waals surface area contributed by atoms with Gasteiger partial charge in [0.2, 0.25) is 0 Å². The molecule has 0 radical (unpaired) electrons. The van der Waals surface area contributed by atoms with Crippen LogP contribution in [-0.2, 0) is 0 Å². The normalized spacial score (nSPS) is 12.7. The topological polar surface area (TPSA) is 12.9 Å². The largest absolute Gasteiger partial charge is 0.262 e. The standard InChI is InChI=1S/C14H22FN/c1-3-5-6-7-8-12(4-2)13-9-10-16-11-14(13)15/h9-12H,3-8H2,1-2H3. The third-order valence-electron chi connectivity index (χ3n) is 3.14. The van der Waals surface area contributed by atoms with Gasteiger partial charge in [-0.15, -0.1) is 0 Å². The van der Waals surface area contributed by atoms with E-state index in [0.717, 1.165) is 18.4 Å². The summed E-state index contributed by atoms with van der Waals surface area (Å²) in [7, 11) is 0. The van der Waals surface area contributed by atoms with E-state index in [9.17, 15) is 4.39 Å². The Morgan fingerprint density at radius 3 is 2.69 bits per heavy atom. The van der Waals surface area contributed by atoms with Crippen LogP contribution in [0.3, 0.4) is 0 Å². The van der Waals surface area contributed by atoms with Gasteiger partial charge in [-0.25, -0.2) is 4.39 Å². The molecule has 2 heteroatoms. The third-order valence-corrected chi connectivity index (χ3v) is 3.14. The van der Waals surface area contributed by atoms with E-state index in [1.54, 1.807) is 6.20 Å². The zero-order chi connectivity index (χ0) is 11.8. The maximum atomic E-state index is 13.5. The van der Waals surface area contributed by atoms with Crippen LogP contribution >= 0.6 is 0 Å². The lowest BCUT2D eigenvalue weighted by molar-refractivity contribution is 0.510. The molecule has 0 aromatic carbocycles. The van der Waals surface area contributed by atoms with Crippen LogP contribution < -0.4 is 0 Å². The van der Waals surface area contributed by atoms with Gasteiger partial charge in [0.25, 0.3) is 0 Å². The van der Waals surface area contributed by atoms with Gasteiger partial charge in [0.15, 0.2) is 0 Å². The minimum Gasteiger partial charge on any atom is -0.262 e. The minimum absolute atomic E-state index is 0.148. The van der Waals surface area contributed by atoms with Crippen molar-refractivity contribution in [1.29, 1.82) is 0 Å². The van der Waals surface area contributed by atoms with Gasteiger partial charge in [-0.05, 0) is 30.4 Å². The second-order valence-corrected chi connectivity index (χ2v) is 4.35. The van der Waals surface area contributed by atoms with Crippen LogP contribution in [0.15, 0.2) is 18.5 Å². The Bertz CT molecular complexity index is 299. The summed E-state index contributed by atoms with van der Waals surface area (Å²) in [6, 6.07) is 1.82. The minimum atomic E-state index is -0.148. The van der Waals surface area contributed by atoms with E-state index in [1.807, 2.05) is 6.07 Å². The van der Waals surface area contributed by atoms with E-state index >= 15 is 0 Å². The average Bonchev–Trinajstić information content (AvgIpc) is 2.31. The number of nitrogens with zero attached hydrogens (tertiary/aromatic N) is 1. The van der Waals surface area contributed by atoms with Gasteiger partial charge < -0.3 is 0 Å². The van der Waals surface area contributed by atoms with Crippen LogP contribution in [0.5, 0.6) is 0 Å². The molecular formula is C14H22FN. The molecule has 16 heavy (non-hydrogen) atoms. The van der Waals surface area contributed by atoms with Crippen molar-refractivity contribution in [3.05, 3.63) is 29.8 Å². The Balaban J connectivity index is 2.51. The van der Waals surface area contributed by atoms with E-state index in [-0.39, 0.29) is 5.82 Å². The molecule has 0 aliphatic heterocycles. The molecule has 90 valence electrons. The van der Waals surface area contributed by atoms with Gasteiger partial charge in [-0.2, -0.15) is 0 Å². The zero-order valence-electron chi connectivity index (χ0n) is 10.4. The number of aromatic nitrogens is 1. The highest BCUT2D eigenvalue weighted by Crippen LogP contribution is 2.27. The molecule has 0 spiro atoms. The highest BCUT2D eigenvalue weighted by atomic mass is 19.1. The summed E-state index contributed by atoms with van der Waals surface area (Å²) in [6.07, 6.45) is 10.1. The van der Waals surface area contributed by atoms with Crippen molar-refractivity contribution in [3.8, 4) is 0 Å². The molecule has 0 bridgehead atoms. The van der Waals surface area contributed by atoms with Crippen LogP contribution in [0.4, 0.5) is 4.39 Å². The Labute approximate surface area is 98.1 Å². The number of hydrogen-bond donors (Lipinski definition) is 0. The SMILES string of the molecule is CCCCCCC(CC)c1ccncc1F. The molecule has 1 unspecified atom stereocenters. The van der Waals surface area contributed by atoms with Crippen molar-refractivity contribution in [1.82, 2.24) is 4.98 Å². The molecule has 1 aromatic rings. The summed E-state index contributed by atoms with van der Waals surface area (Å²) >= 11 is 0. The van der Waals surface area contributed by atoms with E-state index in [0.29, 0.717) is 5.92 Å². The Hall–Kier alpha value is -0.920. The van der Waals surface area contributed by atoms with Gasteiger partial charge in [0.1, 0.15) is 5.82 Å². The van der Waals surface area contributed by atoms with Crippen molar-refractivity contribution < 1.29 is 4.39 Å². The average molecular weight is 223 g/mol. The monoisotopic (exact) mass is 223 g/mol. The van der Waals surface area contributed by atoms with Crippen molar-refractivity contribution in [3.63, 3.8) is 0 Å². The first-order valence-electron chi connectivity index (χ1n) is 6.39. The number of pyridine rings is 1. The fraction of sp³-hybridized carbons (Fsp3) is 0.643. The van der Waals surface area contributed by atoms with E-state index < -0.39 is 0 Å². The van der Waals surface area contributed by atoms with E-state index in [2.05, 4.69) is 18.8 Å².